The third-order valence-corrected chi connectivity index (χ3v) is 6.47. The first-order valence-electron chi connectivity index (χ1n) is 10.1. The number of nitrogens with one attached hydrogen (secondary N) is 2. The number of aryl methyl sites for hydroxylation is 1. The van der Waals surface area contributed by atoms with Crippen LogP contribution in [0.2, 0.25) is 0 Å². The van der Waals surface area contributed by atoms with Gasteiger partial charge in [-0.15, -0.1) is 11.8 Å². The summed E-state index contributed by atoms with van der Waals surface area (Å²) in [4.78, 5) is 37.1. The summed E-state index contributed by atoms with van der Waals surface area (Å²) < 4.78 is 0. The van der Waals surface area contributed by atoms with Crippen LogP contribution in [-0.2, 0) is 14.4 Å². The summed E-state index contributed by atoms with van der Waals surface area (Å²) in [5.41, 5.74) is 3.61. The van der Waals surface area contributed by atoms with Crippen LogP contribution < -0.4 is 10.6 Å². The lowest BCUT2D eigenvalue weighted by atomic mass is 9.82. The van der Waals surface area contributed by atoms with Crippen LogP contribution in [0.3, 0.4) is 0 Å². The van der Waals surface area contributed by atoms with Crippen LogP contribution >= 0.6 is 11.8 Å². The van der Waals surface area contributed by atoms with E-state index in [4.69, 9.17) is 0 Å². The van der Waals surface area contributed by atoms with Crippen molar-refractivity contribution in [2.75, 3.05) is 16.4 Å². The molecule has 2 amide bonds. The van der Waals surface area contributed by atoms with E-state index in [1.807, 2.05) is 56.3 Å². The van der Waals surface area contributed by atoms with Crippen molar-refractivity contribution in [2.45, 2.75) is 31.6 Å². The highest BCUT2D eigenvalue weighted by atomic mass is 32.2. The number of rotatable bonds is 7. The Morgan fingerprint density at radius 3 is 2.32 bits per heavy atom. The number of carbonyl (C=O) groups is 3. The molecule has 162 valence electrons. The molecular formula is C24H26N2O4S. The normalized spacial score (nSPS) is 17.7. The minimum absolute atomic E-state index is 0.0823. The molecule has 0 aliphatic heterocycles. The molecule has 0 saturated carbocycles. The third-order valence-electron chi connectivity index (χ3n) is 5.46. The molecule has 2 aromatic rings. The number of amides is 2. The Hall–Kier alpha value is -3.06. The Morgan fingerprint density at radius 1 is 0.968 bits per heavy atom. The highest BCUT2D eigenvalue weighted by Crippen LogP contribution is 2.28. The summed E-state index contributed by atoms with van der Waals surface area (Å²) in [6.07, 6.45) is 4.46. The number of aliphatic carboxylic acids is 1. The Bertz CT molecular complexity index is 1000. The Kier molecular flexibility index (Phi) is 7.52. The number of benzene rings is 2. The van der Waals surface area contributed by atoms with E-state index in [2.05, 4.69) is 10.6 Å². The molecule has 2 unspecified atom stereocenters. The number of hydrogen-bond acceptors (Lipinski definition) is 4. The van der Waals surface area contributed by atoms with Crippen LogP contribution in [0.5, 0.6) is 0 Å². The zero-order valence-electron chi connectivity index (χ0n) is 17.6. The smallest absolute Gasteiger partial charge is 0.307 e. The van der Waals surface area contributed by atoms with Crippen molar-refractivity contribution in [2.24, 2.45) is 11.8 Å². The van der Waals surface area contributed by atoms with Gasteiger partial charge in [0.15, 0.2) is 0 Å². The van der Waals surface area contributed by atoms with E-state index in [9.17, 15) is 19.5 Å². The lowest BCUT2D eigenvalue weighted by Crippen LogP contribution is -2.34. The van der Waals surface area contributed by atoms with Gasteiger partial charge in [-0.05, 0) is 68.1 Å². The van der Waals surface area contributed by atoms with Crippen molar-refractivity contribution < 1.29 is 19.5 Å². The predicted octanol–water partition coefficient (Wildman–Crippen LogP) is 4.64. The van der Waals surface area contributed by atoms with Crippen molar-refractivity contribution in [3.63, 3.8) is 0 Å². The van der Waals surface area contributed by atoms with Gasteiger partial charge >= 0.3 is 5.97 Å². The number of carboxylic acid groups (broad SMARTS) is 1. The first kappa shape index (κ1) is 22.6. The molecule has 0 heterocycles. The summed E-state index contributed by atoms with van der Waals surface area (Å²) in [5, 5.41) is 15.1. The highest BCUT2D eigenvalue weighted by molar-refractivity contribution is 8.00. The number of thioether (sulfide) groups is 1. The fourth-order valence-electron chi connectivity index (χ4n) is 3.47. The van der Waals surface area contributed by atoms with Gasteiger partial charge < -0.3 is 15.7 Å². The summed E-state index contributed by atoms with van der Waals surface area (Å²) >= 11 is 1.41. The maximum absolute atomic E-state index is 12.5. The zero-order valence-corrected chi connectivity index (χ0v) is 18.4. The number of allylic oxidation sites excluding steroid dienone is 2. The fourth-order valence-corrected chi connectivity index (χ4v) is 4.17. The average Bonchev–Trinajstić information content (AvgIpc) is 2.76. The van der Waals surface area contributed by atoms with E-state index in [1.165, 1.54) is 11.8 Å². The van der Waals surface area contributed by atoms with Crippen molar-refractivity contribution >= 4 is 40.9 Å². The quantitative estimate of drug-likeness (QED) is 0.432. The lowest BCUT2D eigenvalue weighted by molar-refractivity contribution is -0.146. The van der Waals surface area contributed by atoms with E-state index in [1.54, 1.807) is 12.1 Å². The van der Waals surface area contributed by atoms with Gasteiger partial charge in [0, 0.05) is 16.3 Å². The monoisotopic (exact) mass is 438 g/mol. The van der Waals surface area contributed by atoms with Gasteiger partial charge in [0.25, 0.3) is 0 Å². The Morgan fingerprint density at radius 2 is 1.65 bits per heavy atom. The van der Waals surface area contributed by atoms with E-state index in [0.717, 1.165) is 21.7 Å². The fraction of sp³-hybridized carbons (Fsp3) is 0.292. The Labute approximate surface area is 186 Å². The molecule has 0 spiro atoms. The first-order chi connectivity index (χ1) is 14.8. The molecule has 2 aromatic carbocycles. The molecule has 0 fully saturated rings. The third kappa shape index (κ3) is 5.98. The van der Waals surface area contributed by atoms with Crippen LogP contribution in [-0.4, -0.2) is 28.6 Å². The molecular weight excluding hydrogens is 412 g/mol. The van der Waals surface area contributed by atoms with Gasteiger partial charge in [-0.1, -0.05) is 24.3 Å². The van der Waals surface area contributed by atoms with Crippen molar-refractivity contribution in [1.82, 2.24) is 0 Å². The van der Waals surface area contributed by atoms with E-state index >= 15 is 0 Å². The first-order valence-corrected chi connectivity index (χ1v) is 11.1. The van der Waals surface area contributed by atoms with E-state index < -0.39 is 17.8 Å². The van der Waals surface area contributed by atoms with Gasteiger partial charge in [-0.25, -0.2) is 0 Å². The van der Waals surface area contributed by atoms with Gasteiger partial charge in [0.05, 0.1) is 17.6 Å². The Balaban J connectivity index is 1.52. The molecule has 3 rings (SSSR count). The van der Waals surface area contributed by atoms with Crippen molar-refractivity contribution in [3.05, 3.63) is 65.7 Å². The van der Waals surface area contributed by atoms with E-state index in [0.29, 0.717) is 18.5 Å². The molecule has 3 N–H and O–H groups in total. The second kappa shape index (κ2) is 10.3. The van der Waals surface area contributed by atoms with Crippen molar-refractivity contribution in [3.8, 4) is 0 Å². The molecule has 0 bridgehead atoms. The lowest BCUT2D eigenvalue weighted by Gasteiger charge is -2.24. The number of carboxylic acids is 1. The van der Waals surface area contributed by atoms with Gasteiger partial charge in [-0.2, -0.15) is 0 Å². The summed E-state index contributed by atoms with van der Waals surface area (Å²) in [5.74, 6) is -2.32. The highest BCUT2D eigenvalue weighted by Gasteiger charge is 2.33. The van der Waals surface area contributed by atoms with Crippen LogP contribution in [0, 0.1) is 25.7 Å². The maximum Gasteiger partial charge on any atom is 0.307 e. The molecule has 0 aromatic heterocycles. The van der Waals surface area contributed by atoms with Crippen molar-refractivity contribution in [1.29, 1.82) is 0 Å². The average molecular weight is 439 g/mol. The number of anilines is 2. The van der Waals surface area contributed by atoms with Gasteiger partial charge in [0.1, 0.15) is 0 Å². The maximum atomic E-state index is 12.5. The minimum atomic E-state index is -0.949. The molecule has 1 aliphatic carbocycles. The molecule has 2 atom stereocenters. The second-order valence-electron chi connectivity index (χ2n) is 7.59. The van der Waals surface area contributed by atoms with Crippen LogP contribution in [0.1, 0.15) is 24.0 Å². The predicted molar refractivity (Wildman–Crippen MR) is 123 cm³/mol. The minimum Gasteiger partial charge on any atom is -0.481 e. The topological polar surface area (TPSA) is 95.5 Å². The number of hydrogen-bond donors (Lipinski definition) is 3. The molecule has 0 radical (unpaired) electrons. The molecule has 7 heteroatoms. The van der Waals surface area contributed by atoms with Crippen LogP contribution in [0.15, 0.2) is 59.5 Å². The summed E-state index contributed by atoms with van der Waals surface area (Å²) in [6, 6.07) is 13.0. The van der Waals surface area contributed by atoms with Crippen LogP contribution in [0.4, 0.5) is 11.4 Å². The molecule has 6 nitrogen and oxygen atoms in total. The van der Waals surface area contributed by atoms with E-state index in [-0.39, 0.29) is 17.6 Å². The summed E-state index contributed by atoms with van der Waals surface area (Å²) in [7, 11) is 0. The molecule has 31 heavy (non-hydrogen) atoms. The van der Waals surface area contributed by atoms with Gasteiger partial charge in [0.2, 0.25) is 11.8 Å². The van der Waals surface area contributed by atoms with Crippen LogP contribution in [0.25, 0.3) is 0 Å². The second-order valence-corrected chi connectivity index (χ2v) is 8.64. The standard InChI is InChI=1S/C24H26N2O4S/c1-15-6-5-9-21(16(15)2)26-22(27)14-31-18-12-10-17(11-13-18)25-23(28)19-7-3-4-8-20(19)24(29)30/h3-6,9-13,19-20H,7-8,14H2,1-2H3,(H,25,28)(H,26,27)(H,29,30). The van der Waals surface area contributed by atoms with Gasteiger partial charge in [-0.3, -0.25) is 14.4 Å². The zero-order chi connectivity index (χ0) is 22.4. The SMILES string of the molecule is Cc1cccc(NC(=O)CSc2ccc(NC(=O)C3CC=CCC3C(=O)O)cc2)c1C. The largest absolute Gasteiger partial charge is 0.481 e. The molecule has 0 saturated heterocycles. The molecule has 1 aliphatic rings. The summed E-state index contributed by atoms with van der Waals surface area (Å²) in [6.45, 7) is 3.99. The number of carbonyl (C=O) groups excluding carboxylic acids is 2.